The van der Waals surface area contributed by atoms with Crippen molar-refractivity contribution in [1.82, 2.24) is 14.8 Å². The van der Waals surface area contributed by atoms with Crippen LogP contribution in [0.25, 0.3) is 0 Å². The van der Waals surface area contributed by atoms with Crippen molar-refractivity contribution >= 4 is 52.5 Å². The number of carbonyl (C=O) groups is 1. The van der Waals surface area contributed by atoms with Crippen LogP contribution in [-0.4, -0.2) is 33.5 Å². The van der Waals surface area contributed by atoms with E-state index in [1.807, 2.05) is 69.3 Å². The lowest BCUT2D eigenvalue weighted by Crippen LogP contribution is -2.31. The molecule has 0 saturated heterocycles. The van der Waals surface area contributed by atoms with E-state index in [1.165, 1.54) is 11.8 Å². The van der Waals surface area contributed by atoms with Crippen molar-refractivity contribution in [2.24, 2.45) is 0 Å². The van der Waals surface area contributed by atoms with Gasteiger partial charge < -0.3 is 20.1 Å². The lowest BCUT2D eigenvalue weighted by atomic mass is 9.94. The fraction of sp³-hybridized carbons (Fsp3) is 0.233. The van der Waals surface area contributed by atoms with E-state index in [0.29, 0.717) is 49.6 Å². The molecular weight excluding hydrogens is 581 g/mol. The Balaban J connectivity index is 1.51. The molecule has 1 aliphatic heterocycles. The Labute approximate surface area is 253 Å². The highest BCUT2D eigenvalue weighted by Crippen LogP contribution is 2.40. The number of anilines is 2. The Morgan fingerprint density at radius 2 is 1.93 bits per heavy atom. The lowest BCUT2D eigenvalue weighted by Gasteiger charge is -2.29. The topological polar surface area (TPSA) is 90.3 Å². The fourth-order valence-corrected chi connectivity index (χ4v) is 5.63. The molecule has 1 unspecified atom stereocenters. The van der Waals surface area contributed by atoms with Gasteiger partial charge >= 0.3 is 0 Å². The molecule has 0 spiro atoms. The summed E-state index contributed by atoms with van der Waals surface area (Å²) in [7, 11) is 1.58. The minimum Gasteiger partial charge on any atom is -0.493 e. The molecule has 212 valence electrons. The van der Waals surface area contributed by atoms with Crippen LogP contribution in [0.3, 0.4) is 0 Å². The summed E-state index contributed by atoms with van der Waals surface area (Å²) < 4.78 is 13.5. The largest absolute Gasteiger partial charge is 0.493 e. The average Bonchev–Trinajstić information content (AvgIpc) is 3.33. The van der Waals surface area contributed by atoms with Gasteiger partial charge in [-0.15, -0.1) is 5.10 Å². The first-order chi connectivity index (χ1) is 19.8. The third kappa shape index (κ3) is 6.32. The molecule has 1 aromatic heterocycles. The molecule has 0 radical (unpaired) electrons. The maximum absolute atomic E-state index is 13.8. The number of amides is 1. The van der Waals surface area contributed by atoms with E-state index in [4.69, 9.17) is 37.8 Å². The molecule has 5 rings (SSSR count). The van der Waals surface area contributed by atoms with Gasteiger partial charge in [-0.25, -0.2) is 4.68 Å². The van der Waals surface area contributed by atoms with Crippen LogP contribution in [0.2, 0.25) is 10.0 Å². The van der Waals surface area contributed by atoms with E-state index < -0.39 is 6.04 Å². The molecular formula is C30H29Cl2N5O3S. The molecule has 3 aromatic carbocycles. The van der Waals surface area contributed by atoms with Crippen molar-refractivity contribution in [2.75, 3.05) is 23.5 Å². The van der Waals surface area contributed by atoms with Crippen molar-refractivity contribution in [3.8, 4) is 11.5 Å². The zero-order valence-corrected chi connectivity index (χ0v) is 25.3. The molecule has 41 heavy (non-hydrogen) atoms. The van der Waals surface area contributed by atoms with Gasteiger partial charge in [0.1, 0.15) is 12.6 Å². The van der Waals surface area contributed by atoms with E-state index in [1.54, 1.807) is 23.9 Å². The van der Waals surface area contributed by atoms with Gasteiger partial charge in [-0.1, -0.05) is 66.2 Å². The number of aryl methyl sites for hydroxylation is 1. The smallest absolute Gasteiger partial charge is 0.255 e. The molecule has 0 saturated carbocycles. The quantitative estimate of drug-likeness (QED) is 0.190. The molecule has 2 N–H and O–H groups in total. The number of thioether (sulfide) groups is 1. The number of nitrogens with one attached hydrogen (secondary N) is 2. The van der Waals surface area contributed by atoms with Gasteiger partial charge in [-0.3, -0.25) is 4.79 Å². The normalized spacial score (nSPS) is 14.3. The van der Waals surface area contributed by atoms with Crippen LogP contribution in [0, 0.1) is 6.92 Å². The zero-order chi connectivity index (χ0) is 29.1. The summed E-state index contributed by atoms with van der Waals surface area (Å²) in [6.07, 6.45) is 0. The average molecular weight is 611 g/mol. The molecule has 1 atom stereocenters. The standard InChI is InChI=1S/C30H29Cl2N5O3S/c1-5-41-30-35-29-33-18(3)26(28(38)34-22-8-6-7-17(2)13-22)27(37(29)36-30)19-10-12-24(25(14-19)39-4)40-16-20-9-11-21(31)15-23(20)32/h6-15,27H,5,16H2,1-4H3,(H,34,38)(H,33,35,36). The van der Waals surface area contributed by atoms with E-state index in [-0.39, 0.29) is 12.5 Å². The molecule has 1 aliphatic rings. The molecule has 0 bridgehead atoms. The highest BCUT2D eigenvalue weighted by atomic mass is 35.5. The number of rotatable bonds is 9. The number of ether oxygens (including phenoxy) is 2. The third-order valence-electron chi connectivity index (χ3n) is 6.53. The van der Waals surface area contributed by atoms with Crippen LogP contribution in [0.15, 0.2) is 77.1 Å². The Kier molecular flexibility index (Phi) is 8.77. The lowest BCUT2D eigenvalue weighted by molar-refractivity contribution is -0.113. The highest BCUT2D eigenvalue weighted by Gasteiger charge is 2.35. The molecule has 0 fully saturated rings. The Bertz CT molecular complexity index is 1640. The number of nitrogens with zero attached hydrogens (tertiary/aromatic N) is 3. The first-order valence-electron chi connectivity index (χ1n) is 13.0. The Hall–Kier alpha value is -3.66. The minimum absolute atomic E-state index is 0.229. The van der Waals surface area contributed by atoms with Gasteiger partial charge in [0.15, 0.2) is 11.5 Å². The maximum atomic E-state index is 13.8. The summed E-state index contributed by atoms with van der Waals surface area (Å²) in [5.41, 5.74) is 4.54. The molecule has 4 aromatic rings. The second kappa shape index (κ2) is 12.5. The molecule has 2 heterocycles. The fourth-order valence-electron chi connectivity index (χ4n) is 4.61. The number of hydrogen-bond donors (Lipinski definition) is 2. The zero-order valence-electron chi connectivity index (χ0n) is 23.0. The summed E-state index contributed by atoms with van der Waals surface area (Å²) in [4.78, 5) is 18.5. The van der Waals surface area contributed by atoms with Gasteiger partial charge in [-0.05, 0) is 67.1 Å². The number of hydrogen-bond acceptors (Lipinski definition) is 7. The van der Waals surface area contributed by atoms with Crippen molar-refractivity contribution in [2.45, 2.75) is 38.6 Å². The van der Waals surface area contributed by atoms with Gasteiger partial charge in [-0.2, -0.15) is 4.98 Å². The van der Waals surface area contributed by atoms with E-state index in [2.05, 4.69) is 15.6 Å². The van der Waals surface area contributed by atoms with E-state index >= 15 is 0 Å². The van der Waals surface area contributed by atoms with Crippen molar-refractivity contribution < 1.29 is 14.3 Å². The Morgan fingerprint density at radius 3 is 2.66 bits per heavy atom. The number of carbonyl (C=O) groups excluding carboxylic acids is 1. The van der Waals surface area contributed by atoms with Crippen LogP contribution in [0.5, 0.6) is 11.5 Å². The molecule has 11 heteroatoms. The second-order valence-electron chi connectivity index (χ2n) is 9.42. The number of aromatic nitrogens is 3. The summed E-state index contributed by atoms with van der Waals surface area (Å²) in [5, 5.41) is 12.8. The van der Waals surface area contributed by atoms with Crippen LogP contribution in [-0.2, 0) is 11.4 Å². The Morgan fingerprint density at radius 1 is 1.10 bits per heavy atom. The van der Waals surface area contributed by atoms with Crippen molar-refractivity contribution in [3.63, 3.8) is 0 Å². The maximum Gasteiger partial charge on any atom is 0.255 e. The number of allylic oxidation sites excluding steroid dienone is 1. The number of methoxy groups -OCH3 is 1. The van der Waals surface area contributed by atoms with Crippen molar-refractivity contribution in [1.29, 1.82) is 0 Å². The number of fused-ring (bicyclic) bond motifs is 1. The predicted octanol–water partition coefficient (Wildman–Crippen LogP) is 7.52. The van der Waals surface area contributed by atoms with Gasteiger partial charge in [0.2, 0.25) is 11.1 Å². The van der Waals surface area contributed by atoms with Crippen molar-refractivity contribution in [3.05, 3.63) is 98.7 Å². The monoisotopic (exact) mass is 609 g/mol. The second-order valence-corrected chi connectivity index (χ2v) is 11.5. The van der Waals surface area contributed by atoms with Crippen LogP contribution >= 0.6 is 35.0 Å². The van der Waals surface area contributed by atoms with Crippen LogP contribution in [0.4, 0.5) is 11.6 Å². The van der Waals surface area contributed by atoms with Gasteiger partial charge in [0.05, 0.1) is 12.7 Å². The summed E-state index contributed by atoms with van der Waals surface area (Å²) in [6, 6.07) is 18.0. The SMILES string of the molecule is CCSc1nc2n(n1)C(c1ccc(OCc3ccc(Cl)cc3Cl)c(OC)c1)C(C(=O)Nc1cccc(C)c1)=C(C)N2. The minimum atomic E-state index is -0.566. The van der Waals surface area contributed by atoms with Crippen LogP contribution in [0.1, 0.15) is 36.6 Å². The third-order valence-corrected chi connectivity index (χ3v) is 7.84. The van der Waals surface area contributed by atoms with Gasteiger partial charge in [0, 0.05) is 27.0 Å². The van der Waals surface area contributed by atoms with Gasteiger partial charge in [0.25, 0.3) is 5.91 Å². The van der Waals surface area contributed by atoms with E-state index in [9.17, 15) is 4.79 Å². The number of halogens is 2. The summed E-state index contributed by atoms with van der Waals surface area (Å²) in [5.74, 6) is 2.18. The van der Waals surface area contributed by atoms with Crippen LogP contribution < -0.4 is 20.1 Å². The predicted molar refractivity (Wildman–Crippen MR) is 164 cm³/mol. The first kappa shape index (κ1) is 28.9. The highest BCUT2D eigenvalue weighted by molar-refractivity contribution is 7.99. The molecule has 1 amide bonds. The number of benzene rings is 3. The summed E-state index contributed by atoms with van der Waals surface area (Å²) >= 11 is 13.9. The molecule has 0 aliphatic carbocycles. The van der Waals surface area contributed by atoms with E-state index in [0.717, 1.165) is 22.4 Å². The first-order valence-corrected chi connectivity index (χ1v) is 14.7. The molecule has 8 nitrogen and oxygen atoms in total. The summed E-state index contributed by atoms with van der Waals surface area (Å²) in [6.45, 7) is 6.12.